The highest BCUT2D eigenvalue weighted by atomic mass is 16.5. The predicted octanol–water partition coefficient (Wildman–Crippen LogP) is 0.193. The normalized spacial score (nSPS) is 21.4. The third kappa shape index (κ3) is 3.74. The summed E-state index contributed by atoms with van der Waals surface area (Å²) in [5, 5.41) is 11.5. The SMILES string of the molecule is Cc1c(CC(=O)NC[C@@H]2OCCN(C)[C@H]2c2ccnn2C)cnn1C. The Kier molecular flexibility index (Phi) is 5.19. The van der Waals surface area contributed by atoms with Gasteiger partial charge in [-0.3, -0.25) is 19.1 Å². The van der Waals surface area contributed by atoms with Gasteiger partial charge >= 0.3 is 0 Å². The summed E-state index contributed by atoms with van der Waals surface area (Å²) in [5.41, 5.74) is 3.05. The number of aromatic nitrogens is 4. The molecule has 2 atom stereocenters. The molecule has 3 heterocycles. The molecule has 0 saturated carbocycles. The Morgan fingerprint density at radius 3 is 2.76 bits per heavy atom. The molecule has 1 N–H and O–H groups in total. The first kappa shape index (κ1) is 17.6. The second-order valence-electron chi connectivity index (χ2n) is 6.57. The molecule has 8 heteroatoms. The van der Waals surface area contributed by atoms with Gasteiger partial charge in [-0.05, 0) is 20.0 Å². The van der Waals surface area contributed by atoms with Crippen LogP contribution in [0.25, 0.3) is 0 Å². The zero-order valence-electron chi connectivity index (χ0n) is 15.3. The molecule has 25 heavy (non-hydrogen) atoms. The molecule has 0 spiro atoms. The van der Waals surface area contributed by atoms with Crippen LogP contribution in [-0.2, 0) is 30.0 Å². The fourth-order valence-electron chi connectivity index (χ4n) is 3.29. The molecule has 1 saturated heterocycles. The Morgan fingerprint density at radius 1 is 1.32 bits per heavy atom. The Hall–Kier alpha value is -2.19. The first-order valence-corrected chi connectivity index (χ1v) is 8.51. The monoisotopic (exact) mass is 346 g/mol. The van der Waals surface area contributed by atoms with Gasteiger partial charge in [0.05, 0.1) is 37.1 Å². The summed E-state index contributed by atoms with van der Waals surface area (Å²) in [4.78, 5) is 14.6. The number of nitrogens with one attached hydrogen (secondary N) is 1. The largest absolute Gasteiger partial charge is 0.373 e. The van der Waals surface area contributed by atoms with Crippen molar-refractivity contribution in [1.82, 2.24) is 29.8 Å². The molecule has 8 nitrogen and oxygen atoms in total. The van der Waals surface area contributed by atoms with Crippen LogP contribution in [0.2, 0.25) is 0 Å². The van der Waals surface area contributed by atoms with Gasteiger partial charge in [-0.1, -0.05) is 0 Å². The van der Waals surface area contributed by atoms with Crippen LogP contribution in [0.3, 0.4) is 0 Å². The van der Waals surface area contributed by atoms with Crippen molar-refractivity contribution in [3.05, 3.63) is 35.4 Å². The fraction of sp³-hybridized carbons (Fsp3) is 0.588. The molecule has 0 bridgehead atoms. The van der Waals surface area contributed by atoms with Crippen LogP contribution in [0.5, 0.6) is 0 Å². The number of likely N-dealkylation sites (N-methyl/N-ethyl adjacent to an activating group) is 1. The summed E-state index contributed by atoms with van der Waals surface area (Å²) in [7, 11) is 5.88. The van der Waals surface area contributed by atoms with E-state index in [0.717, 1.165) is 23.5 Å². The summed E-state index contributed by atoms with van der Waals surface area (Å²) >= 11 is 0. The van der Waals surface area contributed by atoms with Crippen molar-refractivity contribution in [2.75, 3.05) is 26.7 Å². The van der Waals surface area contributed by atoms with Crippen molar-refractivity contribution < 1.29 is 9.53 Å². The molecule has 1 fully saturated rings. The Morgan fingerprint density at radius 2 is 2.12 bits per heavy atom. The maximum absolute atomic E-state index is 12.3. The lowest BCUT2D eigenvalue weighted by Gasteiger charge is -2.39. The maximum atomic E-state index is 12.3. The number of rotatable bonds is 5. The number of hydrogen-bond acceptors (Lipinski definition) is 5. The minimum atomic E-state index is -0.104. The molecular weight excluding hydrogens is 320 g/mol. The third-order valence-electron chi connectivity index (χ3n) is 4.95. The van der Waals surface area contributed by atoms with Gasteiger partial charge in [0.25, 0.3) is 0 Å². The lowest BCUT2D eigenvalue weighted by molar-refractivity contribution is -0.122. The van der Waals surface area contributed by atoms with E-state index in [2.05, 4.69) is 27.5 Å². The molecule has 2 aromatic heterocycles. The van der Waals surface area contributed by atoms with Gasteiger partial charge in [0, 0.05) is 44.6 Å². The highest BCUT2D eigenvalue weighted by Crippen LogP contribution is 2.27. The van der Waals surface area contributed by atoms with Crippen LogP contribution in [0.1, 0.15) is 23.0 Å². The highest BCUT2D eigenvalue weighted by Gasteiger charge is 2.33. The van der Waals surface area contributed by atoms with E-state index in [9.17, 15) is 4.79 Å². The second kappa shape index (κ2) is 7.37. The van der Waals surface area contributed by atoms with Crippen LogP contribution in [-0.4, -0.2) is 63.2 Å². The Labute approximate surface area is 147 Å². The van der Waals surface area contributed by atoms with Crippen molar-refractivity contribution in [2.45, 2.75) is 25.5 Å². The maximum Gasteiger partial charge on any atom is 0.224 e. The number of hydrogen-bond donors (Lipinski definition) is 1. The number of amides is 1. The van der Waals surface area contributed by atoms with Gasteiger partial charge in [0.1, 0.15) is 0 Å². The van der Waals surface area contributed by atoms with Crippen molar-refractivity contribution in [2.24, 2.45) is 14.1 Å². The van der Waals surface area contributed by atoms with Gasteiger partial charge in [-0.25, -0.2) is 0 Å². The smallest absolute Gasteiger partial charge is 0.224 e. The van der Waals surface area contributed by atoms with Crippen LogP contribution >= 0.6 is 0 Å². The number of aryl methyl sites for hydroxylation is 2. The Bertz CT molecular complexity index is 737. The minimum Gasteiger partial charge on any atom is -0.373 e. The zero-order chi connectivity index (χ0) is 18.0. The van der Waals surface area contributed by atoms with E-state index in [4.69, 9.17) is 4.74 Å². The van der Waals surface area contributed by atoms with Gasteiger partial charge < -0.3 is 10.1 Å². The van der Waals surface area contributed by atoms with Crippen molar-refractivity contribution in [3.8, 4) is 0 Å². The van der Waals surface area contributed by atoms with Gasteiger partial charge in [-0.2, -0.15) is 10.2 Å². The first-order valence-electron chi connectivity index (χ1n) is 8.51. The third-order valence-corrected chi connectivity index (χ3v) is 4.95. The fourth-order valence-corrected chi connectivity index (χ4v) is 3.29. The quantitative estimate of drug-likeness (QED) is 0.836. The summed E-state index contributed by atoms with van der Waals surface area (Å²) in [5.74, 6) is -0.0170. The molecule has 2 aromatic rings. The van der Waals surface area contributed by atoms with Gasteiger partial charge in [-0.15, -0.1) is 0 Å². The van der Waals surface area contributed by atoms with E-state index in [1.165, 1.54) is 0 Å². The number of ether oxygens (including phenoxy) is 1. The number of carbonyl (C=O) groups excluding carboxylic acids is 1. The molecule has 0 aliphatic carbocycles. The molecule has 136 valence electrons. The van der Waals surface area contributed by atoms with Crippen LogP contribution < -0.4 is 5.32 Å². The summed E-state index contributed by atoms with van der Waals surface area (Å²) < 4.78 is 9.60. The molecule has 1 amide bonds. The molecule has 0 unspecified atom stereocenters. The zero-order valence-corrected chi connectivity index (χ0v) is 15.3. The average Bonchev–Trinajstić information content (AvgIpc) is 3.13. The summed E-state index contributed by atoms with van der Waals surface area (Å²) in [6, 6.07) is 2.07. The van der Waals surface area contributed by atoms with Crippen LogP contribution in [0.15, 0.2) is 18.5 Å². The standard InChI is InChI=1S/C17H26N6O2/c1-12-13(10-20-22(12)3)9-16(24)18-11-15-17(21(2)7-8-25-15)14-5-6-19-23(14)4/h5-6,10,15,17H,7-9,11H2,1-4H3,(H,18,24)/t15-,17-/m0/s1. The van der Waals surface area contributed by atoms with Crippen molar-refractivity contribution >= 4 is 5.91 Å². The Balaban J connectivity index is 1.63. The van der Waals surface area contributed by atoms with Crippen LogP contribution in [0.4, 0.5) is 0 Å². The molecule has 1 aliphatic rings. The molecule has 0 aromatic carbocycles. The molecule has 1 aliphatic heterocycles. The van der Waals surface area contributed by atoms with E-state index >= 15 is 0 Å². The van der Waals surface area contributed by atoms with Crippen LogP contribution in [0, 0.1) is 6.92 Å². The van der Waals surface area contributed by atoms with E-state index in [1.807, 2.05) is 31.8 Å². The van der Waals surface area contributed by atoms with E-state index in [1.54, 1.807) is 17.1 Å². The lowest BCUT2D eigenvalue weighted by Crippen LogP contribution is -2.49. The lowest BCUT2D eigenvalue weighted by atomic mass is 10.0. The van der Waals surface area contributed by atoms with Gasteiger partial charge in [0.2, 0.25) is 5.91 Å². The average molecular weight is 346 g/mol. The van der Waals surface area contributed by atoms with E-state index in [0.29, 0.717) is 19.6 Å². The topological polar surface area (TPSA) is 77.2 Å². The number of nitrogens with zero attached hydrogens (tertiary/aromatic N) is 5. The van der Waals surface area contributed by atoms with Gasteiger partial charge in [0.15, 0.2) is 0 Å². The highest BCUT2D eigenvalue weighted by molar-refractivity contribution is 5.78. The van der Waals surface area contributed by atoms with E-state index in [-0.39, 0.29) is 18.1 Å². The van der Waals surface area contributed by atoms with Crippen molar-refractivity contribution in [3.63, 3.8) is 0 Å². The minimum absolute atomic E-state index is 0.0170. The first-order chi connectivity index (χ1) is 12.0. The number of morpholine rings is 1. The molecule has 3 rings (SSSR count). The molecular formula is C17H26N6O2. The predicted molar refractivity (Wildman–Crippen MR) is 93.0 cm³/mol. The number of carbonyl (C=O) groups is 1. The summed E-state index contributed by atoms with van der Waals surface area (Å²) in [6.07, 6.45) is 3.77. The van der Waals surface area contributed by atoms with E-state index < -0.39 is 0 Å². The molecule has 0 radical (unpaired) electrons. The summed E-state index contributed by atoms with van der Waals surface area (Å²) in [6.45, 7) is 3.95. The second-order valence-corrected chi connectivity index (χ2v) is 6.57. The van der Waals surface area contributed by atoms with Crippen molar-refractivity contribution in [1.29, 1.82) is 0 Å².